The summed E-state index contributed by atoms with van der Waals surface area (Å²) in [7, 11) is 1.63. The van der Waals surface area contributed by atoms with E-state index in [0.717, 1.165) is 16.9 Å². The first-order chi connectivity index (χ1) is 13.1. The normalized spacial score (nSPS) is 18.4. The Labute approximate surface area is 158 Å². The van der Waals surface area contributed by atoms with Crippen molar-refractivity contribution >= 4 is 17.6 Å². The Morgan fingerprint density at radius 2 is 1.74 bits per heavy atom. The Morgan fingerprint density at radius 3 is 2.37 bits per heavy atom. The summed E-state index contributed by atoms with van der Waals surface area (Å²) in [4.78, 5) is 23.3. The minimum absolute atomic E-state index is 0.232. The summed E-state index contributed by atoms with van der Waals surface area (Å²) in [6.45, 7) is 0.889. The van der Waals surface area contributed by atoms with Crippen molar-refractivity contribution in [2.24, 2.45) is 11.8 Å². The second-order valence-electron chi connectivity index (χ2n) is 6.66. The van der Waals surface area contributed by atoms with Crippen molar-refractivity contribution in [2.75, 3.05) is 12.4 Å². The maximum atomic E-state index is 12.3. The molecule has 2 aromatic carbocycles. The lowest BCUT2D eigenvalue weighted by atomic mass is 9.73. The molecule has 3 rings (SSSR count). The summed E-state index contributed by atoms with van der Waals surface area (Å²) in [5.74, 6) is -1.34. The van der Waals surface area contributed by atoms with E-state index in [1.54, 1.807) is 13.2 Å². The van der Waals surface area contributed by atoms with Gasteiger partial charge in [-0.2, -0.15) is 0 Å². The molecule has 0 heterocycles. The maximum Gasteiger partial charge on any atom is 0.307 e. The van der Waals surface area contributed by atoms with E-state index in [1.807, 2.05) is 42.5 Å². The first-order valence-electron chi connectivity index (χ1n) is 8.90. The van der Waals surface area contributed by atoms with Crippen LogP contribution in [0.1, 0.15) is 24.0 Å². The molecule has 1 aliphatic carbocycles. The topological polar surface area (TPSA) is 84.9 Å². The number of carbonyl (C=O) groups is 2. The number of aliphatic carboxylic acids is 1. The van der Waals surface area contributed by atoms with Gasteiger partial charge in [0.15, 0.2) is 0 Å². The van der Waals surface area contributed by atoms with Gasteiger partial charge in [-0.25, -0.2) is 0 Å². The summed E-state index contributed by atoms with van der Waals surface area (Å²) in [5.41, 5.74) is 2.64. The summed E-state index contributed by atoms with van der Waals surface area (Å²) in [6, 6.07) is 15.1. The van der Waals surface area contributed by atoms with Gasteiger partial charge in [-0.3, -0.25) is 9.59 Å². The van der Waals surface area contributed by atoms with E-state index < -0.39 is 17.8 Å². The molecule has 0 bridgehead atoms. The highest BCUT2D eigenvalue weighted by Crippen LogP contribution is 2.35. The van der Waals surface area contributed by atoms with E-state index in [9.17, 15) is 9.59 Å². The van der Waals surface area contributed by atoms with E-state index >= 15 is 0 Å². The molecule has 1 amide bonds. The van der Waals surface area contributed by atoms with Crippen LogP contribution in [0.5, 0.6) is 5.75 Å². The van der Waals surface area contributed by atoms with Crippen molar-refractivity contribution in [3.05, 3.63) is 59.7 Å². The maximum absolute atomic E-state index is 12.3. The Kier molecular flexibility index (Phi) is 6.08. The van der Waals surface area contributed by atoms with E-state index in [2.05, 4.69) is 5.32 Å². The molecular formula is C21H23NO5. The second kappa shape index (κ2) is 8.68. The zero-order valence-corrected chi connectivity index (χ0v) is 15.2. The molecule has 2 aromatic rings. The standard InChI is InChI=1S/C21H23NO5/c1-26-17-7-5-14(6-8-17)12-27-13-15-3-2-4-16(11-15)22-20(23)18-9-10-19(18)21(24)25/h2-8,11,18-19H,9-10,12-13H2,1H3,(H,22,23)(H,24,25). The first-order valence-corrected chi connectivity index (χ1v) is 8.90. The number of hydrogen-bond acceptors (Lipinski definition) is 4. The highest BCUT2D eigenvalue weighted by Gasteiger charge is 2.41. The number of amides is 1. The molecule has 0 radical (unpaired) electrons. The van der Waals surface area contributed by atoms with E-state index in [0.29, 0.717) is 31.7 Å². The lowest BCUT2D eigenvalue weighted by molar-refractivity contribution is -0.151. The van der Waals surface area contributed by atoms with E-state index in [4.69, 9.17) is 14.6 Å². The van der Waals surface area contributed by atoms with Crippen molar-refractivity contribution in [1.82, 2.24) is 0 Å². The number of carbonyl (C=O) groups excluding carboxylic acids is 1. The highest BCUT2D eigenvalue weighted by atomic mass is 16.5. The molecule has 2 atom stereocenters. The van der Waals surface area contributed by atoms with Crippen molar-refractivity contribution in [2.45, 2.75) is 26.1 Å². The van der Waals surface area contributed by atoms with Gasteiger partial charge in [0.2, 0.25) is 5.91 Å². The molecule has 6 heteroatoms. The van der Waals surface area contributed by atoms with Crippen LogP contribution in [-0.2, 0) is 27.5 Å². The molecular weight excluding hydrogens is 346 g/mol. The third-order valence-electron chi connectivity index (χ3n) is 4.82. The molecule has 1 aliphatic rings. The number of benzene rings is 2. The molecule has 0 aromatic heterocycles. The van der Waals surface area contributed by atoms with Gasteiger partial charge in [0.1, 0.15) is 5.75 Å². The summed E-state index contributed by atoms with van der Waals surface area (Å²) in [6.07, 6.45) is 1.18. The van der Waals surface area contributed by atoms with Crippen molar-refractivity contribution < 1.29 is 24.2 Å². The third-order valence-corrected chi connectivity index (χ3v) is 4.82. The van der Waals surface area contributed by atoms with Crippen molar-refractivity contribution in [3.8, 4) is 5.75 Å². The number of hydrogen-bond donors (Lipinski definition) is 2. The SMILES string of the molecule is COc1ccc(COCc2cccc(NC(=O)C3CCC3C(=O)O)c2)cc1. The quantitative estimate of drug-likeness (QED) is 0.744. The minimum Gasteiger partial charge on any atom is -0.497 e. The van der Waals surface area contributed by atoms with Crippen LogP contribution in [0.15, 0.2) is 48.5 Å². The van der Waals surface area contributed by atoms with Gasteiger partial charge in [-0.05, 0) is 48.2 Å². The molecule has 1 saturated carbocycles. The van der Waals surface area contributed by atoms with Gasteiger partial charge in [-0.1, -0.05) is 24.3 Å². The lowest BCUT2D eigenvalue weighted by Crippen LogP contribution is -2.41. The van der Waals surface area contributed by atoms with Gasteiger partial charge in [0.25, 0.3) is 0 Å². The predicted octanol–water partition coefficient (Wildman–Crippen LogP) is 3.46. The molecule has 2 unspecified atom stereocenters. The van der Waals surface area contributed by atoms with Crippen LogP contribution in [0, 0.1) is 11.8 Å². The van der Waals surface area contributed by atoms with E-state index in [-0.39, 0.29) is 5.91 Å². The molecule has 6 nitrogen and oxygen atoms in total. The van der Waals surface area contributed by atoms with E-state index in [1.165, 1.54) is 0 Å². The van der Waals surface area contributed by atoms with Gasteiger partial charge < -0.3 is 19.9 Å². The number of anilines is 1. The van der Waals surface area contributed by atoms with Crippen LogP contribution < -0.4 is 10.1 Å². The van der Waals surface area contributed by atoms with Crippen LogP contribution in [0.2, 0.25) is 0 Å². The van der Waals surface area contributed by atoms with Crippen molar-refractivity contribution in [3.63, 3.8) is 0 Å². The minimum atomic E-state index is -0.901. The Hall–Kier alpha value is -2.86. The van der Waals surface area contributed by atoms with Gasteiger partial charge >= 0.3 is 5.97 Å². The van der Waals surface area contributed by atoms with Crippen LogP contribution >= 0.6 is 0 Å². The fourth-order valence-corrected chi connectivity index (χ4v) is 3.09. The zero-order chi connectivity index (χ0) is 19.2. The average Bonchev–Trinajstić information content (AvgIpc) is 2.61. The predicted molar refractivity (Wildman–Crippen MR) is 100 cm³/mol. The molecule has 0 saturated heterocycles. The summed E-state index contributed by atoms with van der Waals surface area (Å²) < 4.78 is 10.9. The van der Waals surface area contributed by atoms with Crippen molar-refractivity contribution in [1.29, 1.82) is 0 Å². The Balaban J connectivity index is 1.51. The number of nitrogens with one attached hydrogen (secondary N) is 1. The van der Waals surface area contributed by atoms with Crippen LogP contribution in [-0.4, -0.2) is 24.1 Å². The number of ether oxygens (including phenoxy) is 2. The molecule has 27 heavy (non-hydrogen) atoms. The monoisotopic (exact) mass is 369 g/mol. The molecule has 2 N–H and O–H groups in total. The molecule has 1 fully saturated rings. The number of rotatable bonds is 8. The smallest absolute Gasteiger partial charge is 0.307 e. The van der Waals surface area contributed by atoms with Gasteiger partial charge in [0, 0.05) is 5.69 Å². The van der Waals surface area contributed by atoms with Crippen LogP contribution in [0.4, 0.5) is 5.69 Å². The first kappa shape index (κ1) is 18.9. The third kappa shape index (κ3) is 4.86. The highest BCUT2D eigenvalue weighted by molar-refractivity contribution is 5.96. The fourth-order valence-electron chi connectivity index (χ4n) is 3.09. The number of carboxylic acid groups (broad SMARTS) is 1. The van der Waals surface area contributed by atoms with Crippen LogP contribution in [0.25, 0.3) is 0 Å². The van der Waals surface area contributed by atoms with Gasteiger partial charge in [0.05, 0.1) is 32.2 Å². The second-order valence-corrected chi connectivity index (χ2v) is 6.66. The molecule has 0 aliphatic heterocycles. The fraction of sp³-hybridized carbons (Fsp3) is 0.333. The number of carboxylic acids is 1. The van der Waals surface area contributed by atoms with Gasteiger partial charge in [-0.15, -0.1) is 0 Å². The molecule has 142 valence electrons. The molecule has 0 spiro atoms. The van der Waals surface area contributed by atoms with Crippen LogP contribution in [0.3, 0.4) is 0 Å². The summed E-state index contributed by atoms with van der Waals surface area (Å²) >= 11 is 0. The lowest BCUT2D eigenvalue weighted by Gasteiger charge is -2.31. The largest absolute Gasteiger partial charge is 0.497 e. The average molecular weight is 369 g/mol. The zero-order valence-electron chi connectivity index (χ0n) is 15.2. The summed E-state index contributed by atoms with van der Waals surface area (Å²) in [5, 5.41) is 11.9. The Morgan fingerprint density at radius 1 is 1.04 bits per heavy atom. The number of methoxy groups -OCH3 is 1. The Bertz CT molecular complexity index is 802.